The predicted octanol–water partition coefficient (Wildman–Crippen LogP) is 5.05. The Morgan fingerprint density at radius 2 is 2.00 bits per heavy atom. The molecule has 0 spiro atoms. The number of rotatable bonds is 3. The summed E-state index contributed by atoms with van der Waals surface area (Å²) in [6.07, 6.45) is 4.23. The Kier molecular flexibility index (Phi) is 6.17. The standard InChI is InChI=1S/C23H28N4O2/c1-16-8-7-15-25-21(16)20-12-6-11-19(27(20)22(28)29-23(2,3)4)18-10-5-9-17(26-18)13-14-24/h5,7-10,15,19-20H,6,11-13H2,1-4H3. The van der Waals surface area contributed by atoms with Crippen LogP contribution in [0.5, 0.6) is 0 Å². The normalized spacial score (nSPS) is 19.5. The van der Waals surface area contributed by atoms with Crippen molar-refractivity contribution in [2.45, 2.75) is 71.1 Å². The van der Waals surface area contributed by atoms with Gasteiger partial charge in [0.15, 0.2) is 0 Å². The summed E-state index contributed by atoms with van der Waals surface area (Å²) in [6.45, 7) is 7.63. The predicted molar refractivity (Wildman–Crippen MR) is 110 cm³/mol. The minimum atomic E-state index is -0.598. The van der Waals surface area contributed by atoms with Crippen molar-refractivity contribution >= 4 is 6.09 Å². The number of carbonyl (C=O) groups excluding carboxylic acids is 1. The second-order valence-electron chi connectivity index (χ2n) is 8.44. The van der Waals surface area contributed by atoms with Crippen molar-refractivity contribution in [3.05, 3.63) is 59.2 Å². The van der Waals surface area contributed by atoms with Crippen molar-refractivity contribution in [1.82, 2.24) is 14.9 Å². The molecule has 29 heavy (non-hydrogen) atoms. The van der Waals surface area contributed by atoms with Crippen LogP contribution in [0.4, 0.5) is 4.79 Å². The van der Waals surface area contributed by atoms with Crippen LogP contribution in [0.2, 0.25) is 0 Å². The molecule has 6 heteroatoms. The van der Waals surface area contributed by atoms with E-state index < -0.39 is 5.60 Å². The SMILES string of the molecule is Cc1cccnc1C1CCCC(c2cccc(CC#N)n2)N1C(=O)OC(C)(C)C. The molecule has 3 rings (SSSR count). The van der Waals surface area contributed by atoms with Crippen LogP contribution in [0.15, 0.2) is 36.5 Å². The molecule has 3 heterocycles. The van der Waals surface area contributed by atoms with Gasteiger partial charge in [0, 0.05) is 6.20 Å². The number of amides is 1. The fourth-order valence-electron chi connectivity index (χ4n) is 3.84. The molecule has 1 amide bonds. The van der Waals surface area contributed by atoms with Crippen molar-refractivity contribution in [2.24, 2.45) is 0 Å². The molecule has 6 nitrogen and oxygen atoms in total. The molecule has 0 bridgehead atoms. The highest BCUT2D eigenvalue weighted by molar-refractivity contribution is 5.70. The molecule has 2 atom stereocenters. The van der Waals surface area contributed by atoms with Gasteiger partial charge >= 0.3 is 6.09 Å². The number of likely N-dealkylation sites (tertiary alicyclic amines) is 1. The van der Waals surface area contributed by atoms with Gasteiger partial charge in [-0.2, -0.15) is 5.26 Å². The summed E-state index contributed by atoms with van der Waals surface area (Å²) in [5.74, 6) is 0. The van der Waals surface area contributed by atoms with Gasteiger partial charge in [0.25, 0.3) is 0 Å². The van der Waals surface area contributed by atoms with E-state index >= 15 is 0 Å². The molecule has 1 fully saturated rings. The minimum absolute atomic E-state index is 0.175. The van der Waals surface area contributed by atoms with Gasteiger partial charge in [0.05, 0.1) is 41.7 Å². The van der Waals surface area contributed by atoms with E-state index in [1.54, 1.807) is 6.20 Å². The molecule has 1 saturated heterocycles. The summed E-state index contributed by atoms with van der Waals surface area (Å²) in [4.78, 5) is 24.4. The maximum Gasteiger partial charge on any atom is 0.411 e. The van der Waals surface area contributed by atoms with Gasteiger partial charge in [-0.1, -0.05) is 12.1 Å². The zero-order valence-electron chi connectivity index (χ0n) is 17.6. The van der Waals surface area contributed by atoms with E-state index in [2.05, 4.69) is 16.0 Å². The number of aryl methyl sites for hydroxylation is 1. The van der Waals surface area contributed by atoms with E-state index in [0.29, 0.717) is 5.69 Å². The molecule has 0 saturated carbocycles. The highest BCUT2D eigenvalue weighted by Gasteiger charge is 2.40. The van der Waals surface area contributed by atoms with E-state index in [0.717, 1.165) is 36.2 Å². The zero-order valence-corrected chi connectivity index (χ0v) is 17.6. The first-order chi connectivity index (χ1) is 13.8. The van der Waals surface area contributed by atoms with Crippen LogP contribution >= 0.6 is 0 Å². The largest absolute Gasteiger partial charge is 0.444 e. The number of carbonyl (C=O) groups is 1. The Labute approximate surface area is 172 Å². The van der Waals surface area contributed by atoms with E-state index in [1.807, 2.05) is 62.9 Å². The van der Waals surface area contributed by atoms with Crippen molar-refractivity contribution in [3.8, 4) is 6.07 Å². The number of pyridine rings is 2. The summed E-state index contributed by atoms with van der Waals surface area (Å²) in [7, 11) is 0. The Morgan fingerprint density at radius 1 is 1.24 bits per heavy atom. The average Bonchev–Trinajstić information content (AvgIpc) is 2.67. The van der Waals surface area contributed by atoms with E-state index in [-0.39, 0.29) is 24.6 Å². The van der Waals surface area contributed by atoms with Gasteiger partial charge in [0.1, 0.15) is 5.60 Å². The van der Waals surface area contributed by atoms with Crippen molar-refractivity contribution in [3.63, 3.8) is 0 Å². The molecular formula is C23H28N4O2. The number of nitrogens with zero attached hydrogens (tertiary/aromatic N) is 4. The Morgan fingerprint density at radius 3 is 2.69 bits per heavy atom. The molecule has 2 aromatic rings. The van der Waals surface area contributed by atoms with Gasteiger partial charge in [-0.05, 0) is 70.7 Å². The zero-order chi connectivity index (χ0) is 21.0. The summed E-state index contributed by atoms with van der Waals surface area (Å²) < 4.78 is 5.78. The average molecular weight is 393 g/mol. The van der Waals surface area contributed by atoms with Gasteiger partial charge in [-0.25, -0.2) is 4.79 Å². The number of piperidine rings is 1. The van der Waals surface area contributed by atoms with Crippen LogP contribution in [0.1, 0.15) is 74.8 Å². The highest BCUT2D eigenvalue weighted by atomic mass is 16.6. The third-order valence-electron chi connectivity index (χ3n) is 5.03. The van der Waals surface area contributed by atoms with Gasteiger partial charge in [-0.3, -0.25) is 14.9 Å². The fourth-order valence-corrected chi connectivity index (χ4v) is 3.84. The topological polar surface area (TPSA) is 79.1 Å². The smallest absolute Gasteiger partial charge is 0.411 e. The van der Waals surface area contributed by atoms with Crippen molar-refractivity contribution < 1.29 is 9.53 Å². The molecule has 2 unspecified atom stereocenters. The minimum Gasteiger partial charge on any atom is -0.444 e. The number of ether oxygens (including phenoxy) is 1. The third kappa shape index (κ3) is 4.92. The second kappa shape index (κ2) is 8.60. The van der Waals surface area contributed by atoms with Crippen LogP contribution < -0.4 is 0 Å². The molecule has 0 aliphatic carbocycles. The quantitative estimate of drug-likeness (QED) is 0.730. The molecule has 2 aromatic heterocycles. The summed E-state index contributed by atoms with van der Waals surface area (Å²) in [5, 5.41) is 9.03. The molecule has 1 aliphatic rings. The maximum absolute atomic E-state index is 13.3. The first-order valence-corrected chi connectivity index (χ1v) is 10.1. The monoisotopic (exact) mass is 392 g/mol. The summed E-state index contributed by atoms with van der Waals surface area (Å²) in [5.41, 5.74) is 2.86. The number of hydrogen-bond donors (Lipinski definition) is 0. The van der Waals surface area contributed by atoms with Crippen LogP contribution in [0.3, 0.4) is 0 Å². The molecule has 1 aliphatic heterocycles. The third-order valence-corrected chi connectivity index (χ3v) is 5.03. The van der Waals surface area contributed by atoms with E-state index in [1.165, 1.54) is 0 Å². The van der Waals surface area contributed by atoms with Crippen LogP contribution in [0, 0.1) is 18.3 Å². The lowest BCUT2D eigenvalue weighted by atomic mass is 9.90. The van der Waals surface area contributed by atoms with Gasteiger partial charge in [0.2, 0.25) is 0 Å². The first kappa shape index (κ1) is 20.8. The van der Waals surface area contributed by atoms with Crippen LogP contribution in [0.25, 0.3) is 0 Å². The van der Waals surface area contributed by atoms with Crippen molar-refractivity contribution in [1.29, 1.82) is 5.26 Å². The first-order valence-electron chi connectivity index (χ1n) is 10.1. The second-order valence-corrected chi connectivity index (χ2v) is 8.44. The van der Waals surface area contributed by atoms with E-state index in [9.17, 15) is 4.79 Å². The van der Waals surface area contributed by atoms with E-state index in [4.69, 9.17) is 10.00 Å². The van der Waals surface area contributed by atoms with Crippen LogP contribution in [-0.2, 0) is 11.2 Å². The van der Waals surface area contributed by atoms with Gasteiger partial charge < -0.3 is 4.74 Å². The lowest BCUT2D eigenvalue weighted by Gasteiger charge is -2.42. The number of aromatic nitrogens is 2. The van der Waals surface area contributed by atoms with Crippen LogP contribution in [-0.4, -0.2) is 26.6 Å². The lowest BCUT2D eigenvalue weighted by molar-refractivity contribution is -0.00805. The number of nitriles is 1. The highest BCUT2D eigenvalue weighted by Crippen LogP contribution is 2.42. The molecule has 0 aromatic carbocycles. The molecule has 0 N–H and O–H groups in total. The lowest BCUT2D eigenvalue weighted by Crippen LogP contribution is -2.44. The fraction of sp³-hybridized carbons (Fsp3) is 0.478. The Bertz CT molecular complexity index is 914. The summed E-state index contributed by atoms with van der Waals surface area (Å²) >= 11 is 0. The molecule has 152 valence electrons. The molecule has 0 radical (unpaired) electrons. The Balaban J connectivity index is 2.04. The number of hydrogen-bond acceptors (Lipinski definition) is 5. The van der Waals surface area contributed by atoms with Gasteiger partial charge in [-0.15, -0.1) is 0 Å². The molecular weight excluding hydrogens is 364 g/mol. The maximum atomic E-state index is 13.3. The Hall–Kier alpha value is -2.94. The summed E-state index contributed by atoms with van der Waals surface area (Å²) in [6, 6.07) is 11.3. The van der Waals surface area contributed by atoms with Crippen molar-refractivity contribution in [2.75, 3.05) is 0 Å².